The molecule has 3 aromatic rings. The average molecular weight is 449 g/mol. The van der Waals surface area contributed by atoms with Gasteiger partial charge in [-0.1, -0.05) is 43.6 Å². The van der Waals surface area contributed by atoms with Gasteiger partial charge in [-0.2, -0.15) is 4.98 Å². The summed E-state index contributed by atoms with van der Waals surface area (Å²) in [5.74, 6) is 2.12. The van der Waals surface area contributed by atoms with Crippen molar-refractivity contribution in [2.24, 2.45) is 5.41 Å². The van der Waals surface area contributed by atoms with E-state index in [1.807, 2.05) is 55.5 Å². The molecule has 0 saturated heterocycles. The molecule has 164 valence electrons. The summed E-state index contributed by atoms with van der Waals surface area (Å²) in [4.78, 5) is 18.1. The molecule has 0 spiro atoms. The molecule has 6 nitrogen and oxygen atoms in total. The SMILES string of the molecule is CCOc1ccc(-c2nc3n(n2)C(c2ccccc2Cl)C2=C(CC(C)(C)CC2=O)N3)cc1. The number of benzene rings is 2. The van der Waals surface area contributed by atoms with Gasteiger partial charge in [0.2, 0.25) is 5.95 Å². The van der Waals surface area contributed by atoms with E-state index in [1.165, 1.54) is 0 Å². The van der Waals surface area contributed by atoms with Crippen molar-refractivity contribution in [3.63, 3.8) is 0 Å². The third-order valence-corrected chi connectivity index (χ3v) is 6.30. The lowest BCUT2D eigenvalue weighted by Gasteiger charge is -2.38. The number of ketones is 1. The monoisotopic (exact) mass is 448 g/mol. The zero-order valence-corrected chi connectivity index (χ0v) is 19.1. The number of carbonyl (C=O) groups excluding carboxylic acids is 1. The molecule has 2 aliphatic rings. The highest BCUT2D eigenvalue weighted by Gasteiger charge is 2.42. The fraction of sp³-hybridized carbons (Fsp3) is 0.320. The van der Waals surface area contributed by atoms with Crippen LogP contribution in [0, 0.1) is 5.41 Å². The first-order valence-corrected chi connectivity index (χ1v) is 11.2. The number of halogens is 1. The highest BCUT2D eigenvalue weighted by Crippen LogP contribution is 2.46. The zero-order chi connectivity index (χ0) is 22.5. The predicted octanol–water partition coefficient (Wildman–Crippen LogP) is 5.66. The number of nitrogens with one attached hydrogen (secondary N) is 1. The minimum absolute atomic E-state index is 0.117. The summed E-state index contributed by atoms with van der Waals surface area (Å²) in [5.41, 5.74) is 3.25. The lowest BCUT2D eigenvalue weighted by atomic mass is 9.73. The van der Waals surface area contributed by atoms with Gasteiger partial charge in [0.05, 0.1) is 6.61 Å². The number of Topliss-reactive ketones (excluding diaryl/α,β-unsaturated/α-hetero) is 1. The Kier molecular flexibility index (Phi) is 5.05. The molecule has 2 heterocycles. The Bertz CT molecular complexity index is 1230. The van der Waals surface area contributed by atoms with Crippen LogP contribution in [-0.2, 0) is 4.79 Å². The molecule has 1 aromatic heterocycles. The Morgan fingerprint density at radius 1 is 1.16 bits per heavy atom. The number of aromatic nitrogens is 3. The van der Waals surface area contributed by atoms with Crippen LogP contribution < -0.4 is 10.1 Å². The van der Waals surface area contributed by atoms with Gasteiger partial charge in [0.15, 0.2) is 11.6 Å². The number of nitrogens with zero attached hydrogens (tertiary/aromatic N) is 3. The van der Waals surface area contributed by atoms with E-state index >= 15 is 0 Å². The normalized spacial score (nSPS) is 19.2. The van der Waals surface area contributed by atoms with Crippen LogP contribution in [0.5, 0.6) is 5.75 Å². The molecule has 2 aromatic carbocycles. The Morgan fingerprint density at radius 3 is 2.62 bits per heavy atom. The Hall–Kier alpha value is -3.12. The molecular weight excluding hydrogens is 424 g/mol. The highest BCUT2D eigenvalue weighted by atomic mass is 35.5. The fourth-order valence-electron chi connectivity index (χ4n) is 4.58. The van der Waals surface area contributed by atoms with Crippen molar-refractivity contribution in [1.29, 1.82) is 0 Å². The van der Waals surface area contributed by atoms with Gasteiger partial charge in [-0.05, 0) is 49.1 Å². The van der Waals surface area contributed by atoms with Crippen LogP contribution in [0.25, 0.3) is 11.4 Å². The topological polar surface area (TPSA) is 69.0 Å². The van der Waals surface area contributed by atoms with E-state index in [4.69, 9.17) is 26.4 Å². The molecule has 0 fully saturated rings. The van der Waals surface area contributed by atoms with Crippen LogP contribution in [-0.4, -0.2) is 27.2 Å². The number of fused-ring (bicyclic) bond motifs is 1. The summed E-state index contributed by atoms with van der Waals surface area (Å²) in [5, 5.41) is 8.83. The number of allylic oxidation sites excluding steroid dienone is 2. The van der Waals surface area contributed by atoms with Gasteiger partial charge in [0, 0.05) is 33.8 Å². The van der Waals surface area contributed by atoms with E-state index in [1.54, 1.807) is 4.68 Å². The molecule has 0 amide bonds. The van der Waals surface area contributed by atoms with Crippen molar-refractivity contribution in [3.8, 4) is 17.1 Å². The van der Waals surface area contributed by atoms with Crippen LogP contribution in [0.2, 0.25) is 5.02 Å². The molecule has 1 atom stereocenters. The lowest BCUT2D eigenvalue weighted by molar-refractivity contribution is -0.118. The molecule has 7 heteroatoms. The van der Waals surface area contributed by atoms with Gasteiger partial charge in [-0.25, -0.2) is 4.68 Å². The number of hydrogen-bond donors (Lipinski definition) is 1. The van der Waals surface area contributed by atoms with Gasteiger partial charge in [-0.15, -0.1) is 5.10 Å². The van der Waals surface area contributed by atoms with Crippen molar-refractivity contribution in [3.05, 3.63) is 70.4 Å². The zero-order valence-electron chi connectivity index (χ0n) is 18.4. The number of rotatable bonds is 4. The summed E-state index contributed by atoms with van der Waals surface area (Å²) in [6, 6.07) is 14.9. The predicted molar refractivity (Wildman–Crippen MR) is 125 cm³/mol. The summed E-state index contributed by atoms with van der Waals surface area (Å²) in [6.45, 7) is 6.80. The number of carbonyl (C=O) groups is 1. The molecule has 1 aliphatic carbocycles. The molecule has 1 N–H and O–H groups in total. The molecule has 32 heavy (non-hydrogen) atoms. The van der Waals surface area contributed by atoms with Crippen LogP contribution in [0.1, 0.15) is 45.2 Å². The molecule has 1 aliphatic heterocycles. The third kappa shape index (κ3) is 3.58. The summed E-state index contributed by atoms with van der Waals surface area (Å²) < 4.78 is 7.34. The van der Waals surface area contributed by atoms with Crippen molar-refractivity contribution in [1.82, 2.24) is 14.8 Å². The highest BCUT2D eigenvalue weighted by molar-refractivity contribution is 6.31. The van der Waals surface area contributed by atoms with Crippen LogP contribution in [0.15, 0.2) is 59.8 Å². The van der Waals surface area contributed by atoms with E-state index < -0.39 is 6.04 Å². The quantitative estimate of drug-likeness (QED) is 0.558. The Labute approximate surface area is 192 Å². The Morgan fingerprint density at radius 2 is 1.91 bits per heavy atom. The van der Waals surface area contributed by atoms with Crippen LogP contribution >= 0.6 is 11.6 Å². The summed E-state index contributed by atoms with van der Waals surface area (Å²) >= 11 is 6.60. The maximum atomic E-state index is 13.3. The maximum absolute atomic E-state index is 13.3. The first kappa shape index (κ1) is 20.8. The number of anilines is 1. The Balaban J connectivity index is 1.63. The summed E-state index contributed by atoms with van der Waals surface area (Å²) in [7, 11) is 0. The van der Waals surface area contributed by atoms with E-state index in [-0.39, 0.29) is 11.2 Å². The standard InChI is InChI=1S/C25H25ClN4O2/c1-4-32-16-11-9-15(10-12-16)23-28-24-27-19-13-25(2,3)14-20(31)21(19)22(30(24)29-23)17-7-5-6-8-18(17)26/h5-12,22H,4,13-14H2,1-3H3,(H,27,28,29). The van der Waals surface area contributed by atoms with Gasteiger partial charge in [0.25, 0.3) is 0 Å². The first-order chi connectivity index (χ1) is 15.4. The van der Waals surface area contributed by atoms with Gasteiger partial charge in [-0.3, -0.25) is 4.79 Å². The lowest BCUT2D eigenvalue weighted by Crippen LogP contribution is -2.36. The second-order valence-electron chi connectivity index (χ2n) is 9.04. The van der Waals surface area contributed by atoms with Gasteiger partial charge in [0.1, 0.15) is 11.8 Å². The molecule has 0 bridgehead atoms. The van der Waals surface area contributed by atoms with Gasteiger partial charge >= 0.3 is 0 Å². The minimum Gasteiger partial charge on any atom is -0.494 e. The number of hydrogen-bond acceptors (Lipinski definition) is 5. The first-order valence-electron chi connectivity index (χ1n) is 10.8. The van der Waals surface area contributed by atoms with Crippen LogP contribution in [0.3, 0.4) is 0 Å². The molecular formula is C25H25ClN4O2. The summed E-state index contributed by atoms with van der Waals surface area (Å²) in [6.07, 6.45) is 1.25. The molecule has 0 radical (unpaired) electrons. The second kappa shape index (κ2) is 7.78. The maximum Gasteiger partial charge on any atom is 0.226 e. The van der Waals surface area contributed by atoms with Crippen molar-refractivity contribution >= 4 is 23.3 Å². The van der Waals surface area contributed by atoms with Crippen molar-refractivity contribution < 1.29 is 9.53 Å². The molecule has 0 saturated carbocycles. The van der Waals surface area contributed by atoms with E-state index in [9.17, 15) is 4.79 Å². The van der Waals surface area contributed by atoms with Crippen molar-refractivity contribution in [2.45, 2.75) is 39.7 Å². The minimum atomic E-state index is -0.414. The smallest absolute Gasteiger partial charge is 0.226 e. The van der Waals surface area contributed by atoms with E-state index in [0.717, 1.165) is 34.6 Å². The molecule has 1 unspecified atom stereocenters. The largest absolute Gasteiger partial charge is 0.494 e. The van der Waals surface area contributed by atoms with Crippen molar-refractivity contribution in [2.75, 3.05) is 11.9 Å². The van der Waals surface area contributed by atoms with E-state index in [2.05, 4.69) is 19.2 Å². The average Bonchev–Trinajstić information content (AvgIpc) is 3.16. The van der Waals surface area contributed by atoms with Crippen LogP contribution in [0.4, 0.5) is 5.95 Å². The molecule has 5 rings (SSSR count). The van der Waals surface area contributed by atoms with E-state index in [0.29, 0.717) is 29.8 Å². The fourth-order valence-corrected chi connectivity index (χ4v) is 4.82. The van der Waals surface area contributed by atoms with Gasteiger partial charge < -0.3 is 10.1 Å². The third-order valence-electron chi connectivity index (χ3n) is 5.96. The number of ether oxygens (including phenoxy) is 1. The second-order valence-corrected chi connectivity index (χ2v) is 9.45.